The molecule has 0 spiro atoms. The molecule has 1 aliphatic heterocycles. The second kappa shape index (κ2) is 4.86. The van der Waals surface area contributed by atoms with Gasteiger partial charge < -0.3 is 5.32 Å². The zero-order valence-electron chi connectivity index (χ0n) is 11.6. The number of nitrogens with one attached hydrogen (secondary N) is 1. The van der Waals surface area contributed by atoms with Crippen molar-refractivity contribution in [3.63, 3.8) is 0 Å². The van der Waals surface area contributed by atoms with Crippen LogP contribution >= 0.6 is 11.6 Å². The Kier molecular flexibility index (Phi) is 3.30. The number of halogens is 2. The molecule has 0 atom stereocenters. The first-order valence-corrected chi connectivity index (χ1v) is 7.05. The zero-order chi connectivity index (χ0) is 14.3. The molecule has 1 aliphatic rings. The second-order valence-electron chi connectivity index (χ2n) is 5.52. The van der Waals surface area contributed by atoms with Gasteiger partial charge in [0, 0.05) is 31.1 Å². The van der Waals surface area contributed by atoms with Gasteiger partial charge in [0.25, 0.3) is 0 Å². The predicted molar refractivity (Wildman–Crippen MR) is 77.6 cm³/mol. The monoisotopic (exact) mass is 293 g/mol. The van der Waals surface area contributed by atoms with E-state index in [9.17, 15) is 4.39 Å². The van der Waals surface area contributed by atoms with Crippen LogP contribution in [0.2, 0.25) is 5.15 Å². The average molecular weight is 294 g/mol. The molecule has 20 heavy (non-hydrogen) atoms. The fraction of sp³-hybridized carbons (Fsp3) is 0.400. The molecule has 1 fully saturated rings. The van der Waals surface area contributed by atoms with Gasteiger partial charge >= 0.3 is 0 Å². The highest BCUT2D eigenvalue weighted by atomic mass is 35.5. The number of hydrogen-bond acceptors (Lipinski definition) is 2. The maximum Gasteiger partial charge on any atom is 0.130 e. The molecule has 0 amide bonds. The largest absolute Gasteiger partial charge is 0.315 e. The van der Waals surface area contributed by atoms with E-state index < -0.39 is 0 Å². The molecule has 3 nitrogen and oxygen atoms in total. The lowest BCUT2D eigenvalue weighted by molar-refractivity contribution is 0.265. The van der Waals surface area contributed by atoms with Crippen molar-refractivity contribution in [3.05, 3.63) is 52.1 Å². The van der Waals surface area contributed by atoms with Crippen LogP contribution in [0, 0.1) is 12.7 Å². The lowest BCUT2D eigenvalue weighted by Crippen LogP contribution is -2.58. The summed E-state index contributed by atoms with van der Waals surface area (Å²) in [5.41, 5.74) is 2.47. The van der Waals surface area contributed by atoms with Gasteiger partial charge in [0.2, 0.25) is 0 Å². The summed E-state index contributed by atoms with van der Waals surface area (Å²) in [5, 5.41) is 8.24. The fourth-order valence-electron chi connectivity index (χ4n) is 2.94. The molecule has 0 bridgehead atoms. The summed E-state index contributed by atoms with van der Waals surface area (Å²) in [6.07, 6.45) is 0.708. The maximum absolute atomic E-state index is 14.1. The van der Waals surface area contributed by atoms with Crippen LogP contribution in [0.25, 0.3) is 0 Å². The Labute approximate surface area is 122 Å². The van der Waals surface area contributed by atoms with Gasteiger partial charge in [-0.05, 0) is 25.0 Å². The average Bonchev–Trinajstić information content (AvgIpc) is 2.61. The highest BCUT2D eigenvalue weighted by molar-refractivity contribution is 6.30. The molecule has 0 saturated carbocycles. The molecule has 5 heteroatoms. The lowest BCUT2D eigenvalue weighted by atomic mass is 9.71. The first kappa shape index (κ1) is 13.6. The number of nitrogens with zero attached hydrogens (tertiary/aromatic N) is 2. The summed E-state index contributed by atoms with van der Waals surface area (Å²) in [5.74, 6) is -0.147. The molecule has 1 aromatic carbocycles. The van der Waals surface area contributed by atoms with Gasteiger partial charge in [-0.2, -0.15) is 5.10 Å². The SMILES string of the molecule is Cc1nn(C)c(Cl)c1CC1(c2ccccc2F)CNC1. The molecule has 1 saturated heterocycles. The van der Waals surface area contributed by atoms with Crippen LogP contribution in [-0.4, -0.2) is 22.9 Å². The molecule has 1 aromatic heterocycles. The molecule has 0 radical (unpaired) electrons. The number of aromatic nitrogens is 2. The van der Waals surface area contributed by atoms with Crippen LogP contribution in [0.4, 0.5) is 4.39 Å². The summed E-state index contributed by atoms with van der Waals surface area (Å²) in [6.45, 7) is 3.47. The van der Waals surface area contributed by atoms with Crippen molar-refractivity contribution < 1.29 is 4.39 Å². The van der Waals surface area contributed by atoms with Gasteiger partial charge in [-0.1, -0.05) is 29.8 Å². The van der Waals surface area contributed by atoms with Crippen molar-refractivity contribution in [1.82, 2.24) is 15.1 Å². The minimum Gasteiger partial charge on any atom is -0.315 e. The van der Waals surface area contributed by atoms with E-state index in [1.54, 1.807) is 10.7 Å². The van der Waals surface area contributed by atoms with Gasteiger partial charge in [0.05, 0.1) is 5.69 Å². The van der Waals surface area contributed by atoms with E-state index in [0.717, 1.165) is 29.9 Å². The minimum absolute atomic E-state index is 0.147. The van der Waals surface area contributed by atoms with Crippen LogP contribution in [-0.2, 0) is 18.9 Å². The third-order valence-electron chi connectivity index (χ3n) is 4.16. The first-order valence-electron chi connectivity index (χ1n) is 6.67. The van der Waals surface area contributed by atoms with E-state index >= 15 is 0 Å². The first-order chi connectivity index (χ1) is 9.53. The molecule has 2 heterocycles. The Morgan fingerprint density at radius 1 is 1.40 bits per heavy atom. The Morgan fingerprint density at radius 3 is 2.60 bits per heavy atom. The quantitative estimate of drug-likeness (QED) is 0.943. The van der Waals surface area contributed by atoms with Crippen LogP contribution in [0.3, 0.4) is 0 Å². The molecule has 1 N–H and O–H groups in total. The van der Waals surface area contributed by atoms with Crippen molar-refractivity contribution in [2.45, 2.75) is 18.8 Å². The summed E-state index contributed by atoms with van der Waals surface area (Å²) < 4.78 is 15.8. The van der Waals surface area contributed by atoms with E-state index in [2.05, 4.69) is 10.4 Å². The van der Waals surface area contributed by atoms with Crippen LogP contribution in [0.15, 0.2) is 24.3 Å². The standard InChI is InChI=1S/C15H17ClFN3/c1-10-11(14(16)20(2)19-10)7-15(8-18-9-15)12-5-3-4-6-13(12)17/h3-6,18H,7-9H2,1-2H3. The smallest absolute Gasteiger partial charge is 0.130 e. The highest BCUT2D eigenvalue weighted by Gasteiger charge is 2.41. The second-order valence-corrected chi connectivity index (χ2v) is 5.88. The number of benzene rings is 1. The van der Waals surface area contributed by atoms with Crippen LogP contribution in [0.5, 0.6) is 0 Å². The van der Waals surface area contributed by atoms with Gasteiger partial charge in [-0.15, -0.1) is 0 Å². The number of hydrogen-bond donors (Lipinski definition) is 1. The molecule has 0 unspecified atom stereocenters. The van der Waals surface area contributed by atoms with Gasteiger partial charge in [0.15, 0.2) is 0 Å². The molecule has 106 valence electrons. The Balaban J connectivity index is 2.01. The van der Waals surface area contributed by atoms with Gasteiger partial charge in [-0.3, -0.25) is 4.68 Å². The number of aryl methyl sites for hydroxylation is 2. The van der Waals surface area contributed by atoms with Gasteiger partial charge in [0.1, 0.15) is 11.0 Å². The minimum atomic E-state index is -0.219. The van der Waals surface area contributed by atoms with E-state index in [1.807, 2.05) is 26.1 Å². The molecular formula is C15H17ClFN3. The third-order valence-corrected chi connectivity index (χ3v) is 4.63. The topological polar surface area (TPSA) is 29.9 Å². The summed E-state index contributed by atoms with van der Waals surface area (Å²) in [6, 6.07) is 7.00. The number of rotatable bonds is 3. The normalized spacial score (nSPS) is 17.0. The Hall–Kier alpha value is -1.39. The summed E-state index contributed by atoms with van der Waals surface area (Å²) >= 11 is 6.31. The summed E-state index contributed by atoms with van der Waals surface area (Å²) in [4.78, 5) is 0. The van der Waals surface area contributed by atoms with Crippen molar-refractivity contribution in [1.29, 1.82) is 0 Å². The van der Waals surface area contributed by atoms with Crippen molar-refractivity contribution in [2.24, 2.45) is 7.05 Å². The molecule has 2 aromatic rings. The van der Waals surface area contributed by atoms with E-state index in [0.29, 0.717) is 11.6 Å². The lowest BCUT2D eigenvalue weighted by Gasteiger charge is -2.43. The molecular weight excluding hydrogens is 277 g/mol. The van der Waals surface area contributed by atoms with Crippen LogP contribution < -0.4 is 5.32 Å². The Bertz CT molecular complexity index is 647. The van der Waals surface area contributed by atoms with E-state index in [1.165, 1.54) is 6.07 Å². The van der Waals surface area contributed by atoms with E-state index in [4.69, 9.17) is 11.6 Å². The molecule has 0 aliphatic carbocycles. The highest BCUT2D eigenvalue weighted by Crippen LogP contribution is 2.36. The maximum atomic E-state index is 14.1. The zero-order valence-corrected chi connectivity index (χ0v) is 12.3. The third kappa shape index (κ3) is 2.03. The van der Waals surface area contributed by atoms with Crippen LogP contribution in [0.1, 0.15) is 16.8 Å². The van der Waals surface area contributed by atoms with E-state index in [-0.39, 0.29) is 11.2 Å². The van der Waals surface area contributed by atoms with Crippen molar-refractivity contribution in [3.8, 4) is 0 Å². The Morgan fingerprint density at radius 2 is 2.10 bits per heavy atom. The predicted octanol–water partition coefficient (Wildman–Crippen LogP) is 2.60. The fourth-order valence-corrected chi connectivity index (χ4v) is 3.18. The van der Waals surface area contributed by atoms with Crippen molar-refractivity contribution in [2.75, 3.05) is 13.1 Å². The summed E-state index contributed by atoms with van der Waals surface area (Å²) in [7, 11) is 1.83. The van der Waals surface area contributed by atoms with Crippen molar-refractivity contribution >= 4 is 11.6 Å². The molecule has 3 rings (SSSR count). The van der Waals surface area contributed by atoms with Gasteiger partial charge in [-0.25, -0.2) is 4.39 Å².